The van der Waals surface area contributed by atoms with Crippen molar-refractivity contribution in [3.63, 3.8) is 0 Å². The highest BCUT2D eigenvalue weighted by molar-refractivity contribution is 6.00. The van der Waals surface area contributed by atoms with E-state index in [0.717, 1.165) is 35.1 Å². The van der Waals surface area contributed by atoms with Gasteiger partial charge in [-0.1, -0.05) is 38.1 Å². The van der Waals surface area contributed by atoms with Gasteiger partial charge in [0.25, 0.3) is 5.91 Å². The number of hydrogen-bond acceptors (Lipinski definition) is 22. The molecule has 8 aromatic heterocycles. The van der Waals surface area contributed by atoms with E-state index in [0.29, 0.717) is 117 Å². The van der Waals surface area contributed by atoms with Gasteiger partial charge in [-0.2, -0.15) is 20.4 Å². The summed E-state index contributed by atoms with van der Waals surface area (Å²) in [4.78, 5) is 65.2. The normalized spacial score (nSPS) is 20.2. The van der Waals surface area contributed by atoms with Crippen molar-refractivity contribution in [3.05, 3.63) is 212 Å². The predicted molar refractivity (Wildman–Crippen MR) is 408 cm³/mol. The van der Waals surface area contributed by atoms with Crippen molar-refractivity contribution in [2.45, 2.75) is 161 Å². The third-order valence-corrected chi connectivity index (χ3v) is 21.1. The minimum absolute atomic E-state index is 0.0148. The Labute approximate surface area is 644 Å². The van der Waals surface area contributed by atoms with Gasteiger partial charge in [0.2, 0.25) is 0 Å². The molecule has 588 valence electrons. The summed E-state index contributed by atoms with van der Waals surface area (Å²) in [6.07, 6.45) is 15.7. The third-order valence-electron chi connectivity index (χ3n) is 21.1. The first-order chi connectivity index (χ1) is 53.9. The number of aromatic carboxylic acids is 2. The largest absolute Gasteiger partial charge is 0.486 e. The number of anilines is 4. The van der Waals surface area contributed by atoms with Crippen LogP contribution in [-0.4, -0.2) is 135 Å². The second-order valence-electron chi connectivity index (χ2n) is 29.6. The summed E-state index contributed by atoms with van der Waals surface area (Å²) in [7, 11) is 0. The van der Waals surface area contributed by atoms with Crippen molar-refractivity contribution in [1.82, 2.24) is 63.7 Å². The number of nitrogens with two attached hydrogens (primary N) is 1. The summed E-state index contributed by atoms with van der Waals surface area (Å²) in [6, 6.07) is 18.8. The van der Waals surface area contributed by atoms with Crippen LogP contribution in [0.3, 0.4) is 0 Å². The summed E-state index contributed by atoms with van der Waals surface area (Å²) >= 11 is 0. The Morgan fingerprint density at radius 2 is 0.938 bits per heavy atom. The van der Waals surface area contributed by atoms with E-state index >= 15 is 0 Å². The van der Waals surface area contributed by atoms with Crippen LogP contribution in [0.5, 0.6) is 23.0 Å². The standard InChI is InChI=1S/C22H25FN4O3.C20H21FN4O3.C19H20FN5O3.C19H18FN5O2/c1-5-22(4)11-15-17(23)8-7-14(19(15)30-22)13(3)25-18-9-10-27-20(26-18)16(12-24-27)21(28)29-6-2;1-4-20(3)9-13-15(21)6-5-12(17(13)28-20)11(2)23-16-7-8-25-18(24-16)14(10-22-25)19(26)27;1-10(11-3-4-14(20)12-7-19(2,9-21)28-16(11)12)23-15-5-6-25-17(24-15)13(8-22-25)18(26)27;1-10-11-3-4-14(20)12-7-19(2,27-16(11)12)9-21-18(26)13-8-22-25-6-5-15(23-10)24-17(13)25/h7-10,12-13H,5-6,11H2,1-4H3,(H,25,26);5-8,10-11H,4,9H2,1-3H3,(H,23,24)(H,26,27);3-6,8,10H,7,9,21H2,1-2H3,(H,23,24)(H,26,27);3-6,8,10H,7,9H2,1-2H3,(H,21,26)(H,23,24)/t13-,22?;11-,20?;2*10-,19?/m1111/s1. The molecule has 0 saturated carbocycles. The van der Waals surface area contributed by atoms with Gasteiger partial charge in [0.05, 0.1) is 62.1 Å². The van der Waals surface area contributed by atoms with Crippen LogP contribution in [0.15, 0.2) is 122 Å². The van der Waals surface area contributed by atoms with Crippen molar-refractivity contribution < 1.29 is 70.6 Å². The van der Waals surface area contributed by atoms with Crippen LogP contribution in [0.1, 0.15) is 199 Å². The predicted octanol–water partition coefficient (Wildman–Crippen LogP) is 13.0. The van der Waals surface area contributed by atoms with Crippen LogP contribution in [0, 0.1) is 23.3 Å². The highest BCUT2D eigenvalue weighted by Gasteiger charge is 2.43. The molecule has 0 fully saturated rings. The summed E-state index contributed by atoms with van der Waals surface area (Å²) in [6.45, 7) is 22.1. The fourth-order valence-corrected chi connectivity index (χ4v) is 14.4. The van der Waals surface area contributed by atoms with Crippen LogP contribution in [-0.2, 0) is 30.4 Å². The monoisotopic (exact) mass is 1550 g/mol. The Bertz CT molecular complexity index is 5580. The second-order valence-corrected chi connectivity index (χ2v) is 29.6. The molecule has 8 atom stereocenters. The fraction of sp³-hybridized carbons (Fsp3) is 0.350. The molecular formula is C80H84F4N18O11. The van der Waals surface area contributed by atoms with Gasteiger partial charge in [-0.05, 0) is 124 Å². The van der Waals surface area contributed by atoms with E-state index < -0.39 is 40.3 Å². The number of nitrogens with one attached hydrogen (secondary N) is 5. The van der Waals surface area contributed by atoms with Crippen molar-refractivity contribution in [1.29, 1.82) is 0 Å². The third kappa shape index (κ3) is 15.1. The molecule has 4 aromatic carbocycles. The molecule has 0 aliphatic carbocycles. The molecule has 4 bridgehead atoms. The number of halogens is 4. The van der Waals surface area contributed by atoms with Crippen molar-refractivity contribution in [3.8, 4) is 23.0 Å². The minimum atomic E-state index is -1.10. The summed E-state index contributed by atoms with van der Waals surface area (Å²) in [5.41, 5.74) is 11.4. The number of nitrogens with zero attached hydrogens (tertiary/aromatic N) is 12. The Balaban J connectivity index is 0.000000125. The van der Waals surface area contributed by atoms with Gasteiger partial charge in [0.15, 0.2) is 22.6 Å². The quantitative estimate of drug-likeness (QED) is 0.0329. The molecule has 33 heteroatoms. The molecule has 13 heterocycles. The van der Waals surface area contributed by atoms with E-state index in [9.17, 15) is 47.0 Å². The lowest BCUT2D eigenvalue weighted by Crippen LogP contribution is -2.44. The number of benzene rings is 4. The fourth-order valence-electron chi connectivity index (χ4n) is 14.4. The number of carboxylic acid groups (broad SMARTS) is 2. The van der Waals surface area contributed by atoms with E-state index in [1.165, 1.54) is 62.6 Å². The number of esters is 1. The number of carbonyl (C=O) groups excluding carboxylic acids is 2. The van der Waals surface area contributed by atoms with Gasteiger partial charge in [-0.15, -0.1) is 0 Å². The average molecular weight is 1550 g/mol. The van der Waals surface area contributed by atoms with Crippen LogP contribution >= 0.6 is 0 Å². The van der Waals surface area contributed by atoms with Gasteiger partial charge in [0, 0.05) is 102 Å². The zero-order chi connectivity index (χ0) is 80.3. The van der Waals surface area contributed by atoms with E-state index in [1.807, 2.05) is 69.2 Å². The van der Waals surface area contributed by atoms with Crippen LogP contribution in [0.4, 0.5) is 40.8 Å². The van der Waals surface area contributed by atoms with E-state index in [-0.39, 0.29) is 95.5 Å². The number of rotatable bonds is 16. The summed E-state index contributed by atoms with van der Waals surface area (Å²) in [5.74, 6) is 0.347. The number of fused-ring (bicyclic) bond motifs is 8. The lowest BCUT2D eigenvalue weighted by molar-refractivity contribution is 0.0527. The molecule has 12 aromatic rings. The highest BCUT2D eigenvalue weighted by Crippen LogP contribution is 2.47. The molecule has 0 radical (unpaired) electrons. The molecule has 5 aliphatic heterocycles. The number of ether oxygens (including phenoxy) is 5. The Morgan fingerprint density at radius 3 is 1.38 bits per heavy atom. The SMILES string of the molecule is CCC1(C)Cc2c(F)ccc([C@@H](C)Nc3ccn4ncc(C(=O)O)c4n3)c2O1.CCOC(=O)c1cnn2ccc(N[C@H](C)c3ccc(F)c4c3OC(C)(CC)C4)nc12.C[C@@H](Nc1ccn2ncc(C(=O)O)c2n1)c1ccc(F)c2c1OC(C)(CN)C2.C[C@H]1Nc2ccn3ncc(c3n2)C(=O)NCC2(C)Cc3c(F)ccc1c3O2. The second kappa shape index (κ2) is 30.2. The van der Waals surface area contributed by atoms with E-state index in [2.05, 4.69) is 66.9 Å². The molecular weight excluding hydrogens is 1460 g/mol. The first-order valence-electron chi connectivity index (χ1n) is 37.0. The molecule has 113 heavy (non-hydrogen) atoms. The molecule has 29 nitrogen and oxygen atoms in total. The molecule has 5 aliphatic rings. The molecule has 1 amide bonds. The summed E-state index contributed by atoms with van der Waals surface area (Å²) in [5, 5.41) is 50.8. The Hall–Kier alpha value is -12.7. The Kier molecular flexibility index (Phi) is 20.6. The minimum Gasteiger partial charge on any atom is -0.486 e. The zero-order valence-electron chi connectivity index (χ0n) is 63.7. The lowest BCUT2D eigenvalue weighted by atomic mass is 9.95. The van der Waals surface area contributed by atoms with Gasteiger partial charge in [-0.25, -0.2) is 69.9 Å². The smallest absolute Gasteiger partial charge is 0.343 e. The van der Waals surface area contributed by atoms with Gasteiger partial charge < -0.3 is 66.2 Å². The first kappa shape index (κ1) is 77.1. The highest BCUT2D eigenvalue weighted by atomic mass is 19.1. The number of hydrogen-bond donors (Lipinski definition) is 8. The van der Waals surface area contributed by atoms with Crippen LogP contribution < -0.4 is 51.3 Å². The Morgan fingerprint density at radius 1 is 0.540 bits per heavy atom. The van der Waals surface area contributed by atoms with Crippen molar-refractivity contribution >= 4 is 69.7 Å². The molecule has 17 rings (SSSR count). The van der Waals surface area contributed by atoms with Gasteiger partial charge >= 0.3 is 17.9 Å². The number of carboxylic acids is 2. The topological polar surface area (TPSA) is 362 Å². The first-order valence-corrected chi connectivity index (χ1v) is 37.0. The maximum Gasteiger partial charge on any atom is 0.343 e. The van der Waals surface area contributed by atoms with E-state index in [4.69, 9.17) is 29.4 Å². The molecule has 4 unspecified atom stereocenters. The van der Waals surface area contributed by atoms with Crippen LogP contribution in [0.25, 0.3) is 22.6 Å². The number of amides is 1. The zero-order valence-corrected chi connectivity index (χ0v) is 63.7. The van der Waals surface area contributed by atoms with Crippen molar-refractivity contribution in [2.75, 3.05) is 41.0 Å². The van der Waals surface area contributed by atoms with E-state index in [1.54, 1.807) is 84.8 Å². The summed E-state index contributed by atoms with van der Waals surface area (Å²) < 4.78 is 92.8. The average Bonchev–Trinajstić information content (AvgIpc) is 1.63. The van der Waals surface area contributed by atoms with Gasteiger partial charge in [0.1, 0.15) is 114 Å². The molecule has 0 spiro atoms. The lowest BCUT2D eigenvalue weighted by Gasteiger charge is -2.25. The maximum atomic E-state index is 14.4. The van der Waals surface area contributed by atoms with Crippen LogP contribution in [0.2, 0.25) is 0 Å². The number of aromatic nitrogens is 12. The molecule has 9 N–H and O–H groups in total. The maximum absolute atomic E-state index is 14.4. The van der Waals surface area contributed by atoms with Crippen molar-refractivity contribution in [2.24, 2.45) is 5.73 Å². The molecule has 0 saturated heterocycles. The number of carbonyl (C=O) groups is 4. The van der Waals surface area contributed by atoms with Gasteiger partial charge in [-0.3, -0.25) is 4.79 Å².